The molecule has 0 saturated heterocycles. The summed E-state index contributed by atoms with van der Waals surface area (Å²) in [5.41, 5.74) is 1.56. The lowest BCUT2D eigenvalue weighted by Crippen LogP contribution is -2.44. The molecule has 0 fully saturated rings. The maximum Gasteiger partial charge on any atom is 0.115 e. The van der Waals surface area contributed by atoms with E-state index in [1.165, 1.54) is 5.56 Å². The second-order valence-electron chi connectivity index (χ2n) is 6.43. The SMILES string of the molecule is CC(Cc1ccc(O)cc1)N(C)C(C)C(C)(C)C. The Kier molecular flexibility index (Phi) is 4.80. The number of aromatic hydroxyl groups is 1. The van der Waals surface area contributed by atoms with Gasteiger partial charge in [-0.3, -0.25) is 0 Å². The first-order valence-corrected chi connectivity index (χ1v) is 6.71. The van der Waals surface area contributed by atoms with Crippen LogP contribution in [0.2, 0.25) is 0 Å². The normalized spacial score (nSPS) is 15.7. The molecule has 0 bridgehead atoms. The molecule has 0 spiro atoms. The Balaban J connectivity index is 2.65. The Labute approximate surface area is 112 Å². The maximum atomic E-state index is 9.28. The van der Waals surface area contributed by atoms with Gasteiger partial charge in [0, 0.05) is 12.1 Å². The largest absolute Gasteiger partial charge is 0.508 e. The minimum atomic E-state index is 0.290. The number of phenolic OH excluding ortho intramolecular Hbond substituents is 1. The summed E-state index contributed by atoms with van der Waals surface area (Å²) in [7, 11) is 2.20. The van der Waals surface area contributed by atoms with E-state index in [1.54, 1.807) is 12.1 Å². The Hall–Kier alpha value is -1.02. The number of nitrogens with zero attached hydrogens (tertiary/aromatic N) is 1. The molecule has 2 nitrogen and oxygen atoms in total. The first kappa shape index (κ1) is 15.0. The van der Waals surface area contributed by atoms with Gasteiger partial charge in [-0.2, -0.15) is 0 Å². The summed E-state index contributed by atoms with van der Waals surface area (Å²) in [4.78, 5) is 2.44. The van der Waals surface area contributed by atoms with Crippen molar-refractivity contribution in [2.75, 3.05) is 7.05 Å². The van der Waals surface area contributed by atoms with Crippen molar-refractivity contribution in [2.24, 2.45) is 5.41 Å². The van der Waals surface area contributed by atoms with E-state index < -0.39 is 0 Å². The van der Waals surface area contributed by atoms with Crippen LogP contribution < -0.4 is 0 Å². The summed E-state index contributed by atoms with van der Waals surface area (Å²) in [5.74, 6) is 0.336. The zero-order chi connectivity index (χ0) is 13.9. The lowest BCUT2D eigenvalue weighted by Gasteiger charge is -2.39. The van der Waals surface area contributed by atoms with Crippen LogP contribution in [0.3, 0.4) is 0 Å². The molecule has 18 heavy (non-hydrogen) atoms. The molecule has 0 amide bonds. The fraction of sp³-hybridized carbons (Fsp3) is 0.625. The van der Waals surface area contributed by atoms with Gasteiger partial charge >= 0.3 is 0 Å². The van der Waals surface area contributed by atoms with Gasteiger partial charge in [0.05, 0.1) is 0 Å². The fourth-order valence-corrected chi connectivity index (χ4v) is 2.11. The standard InChI is InChI=1S/C16H27NO/c1-12(17(6)13(2)16(3,4)5)11-14-7-9-15(18)10-8-14/h7-10,12-13,18H,11H2,1-6H3. The summed E-state index contributed by atoms with van der Waals surface area (Å²) >= 11 is 0. The summed E-state index contributed by atoms with van der Waals surface area (Å²) < 4.78 is 0. The average molecular weight is 249 g/mol. The van der Waals surface area contributed by atoms with Gasteiger partial charge in [0.1, 0.15) is 5.75 Å². The van der Waals surface area contributed by atoms with E-state index in [-0.39, 0.29) is 5.41 Å². The van der Waals surface area contributed by atoms with Gasteiger partial charge in [-0.1, -0.05) is 32.9 Å². The van der Waals surface area contributed by atoms with E-state index >= 15 is 0 Å². The number of rotatable bonds is 4. The van der Waals surface area contributed by atoms with E-state index in [2.05, 4.69) is 46.6 Å². The summed E-state index contributed by atoms with van der Waals surface area (Å²) in [6, 6.07) is 8.54. The lowest BCUT2D eigenvalue weighted by molar-refractivity contribution is 0.104. The number of benzene rings is 1. The van der Waals surface area contributed by atoms with Gasteiger partial charge in [-0.25, -0.2) is 0 Å². The molecule has 0 aliphatic rings. The summed E-state index contributed by atoms with van der Waals surface area (Å²) in [5, 5.41) is 9.28. The highest BCUT2D eigenvalue weighted by Gasteiger charge is 2.26. The van der Waals surface area contributed by atoms with Crippen LogP contribution in [-0.4, -0.2) is 29.1 Å². The van der Waals surface area contributed by atoms with Gasteiger partial charge < -0.3 is 10.0 Å². The molecule has 1 N–H and O–H groups in total. The molecule has 1 aromatic carbocycles. The quantitative estimate of drug-likeness (QED) is 0.879. The number of hydrogen-bond donors (Lipinski definition) is 1. The first-order chi connectivity index (χ1) is 8.21. The predicted octanol–water partition coefficient (Wildman–Crippen LogP) is 3.69. The average Bonchev–Trinajstić information content (AvgIpc) is 2.29. The van der Waals surface area contributed by atoms with Crippen molar-refractivity contribution in [1.29, 1.82) is 0 Å². The van der Waals surface area contributed by atoms with Crippen LogP contribution >= 0.6 is 0 Å². The molecule has 1 aromatic rings. The Morgan fingerprint density at radius 2 is 1.61 bits per heavy atom. The zero-order valence-corrected chi connectivity index (χ0v) is 12.6. The van der Waals surface area contributed by atoms with Crippen molar-refractivity contribution in [3.05, 3.63) is 29.8 Å². The van der Waals surface area contributed by atoms with Crippen molar-refractivity contribution >= 4 is 0 Å². The Morgan fingerprint density at radius 3 is 2.06 bits per heavy atom. The first-order valence-electron chi connectivity index (χ1n) is 6.71. The molecule has 2 unspecified atom stereocenters. The summed E-state index contributed by atoms with van der Waals surface area (Å²) in [6.45, 7) is 11.4. The van der Waals surface area contributed by atoms with E-state index in [0.29, 0.717) is 17.8 Å². The van der Waals surface area contributed by atoms with Crippen LogP contribution in [-0.2, 0) is 6.42 Å². The highest BCUT2D eigenvalue weighted by atomic mass is 16.3. The van der Waals surface area contributed by atoms with Crippen LogP contribution in [0.15, 0.2) is 24.3 Å². The maximum absolute atomic E-state index is 9.28. The van der Waals surface area contributed by atoms with Crippen molar-refractivity contribution in [1.82, 2.24) is 4.90 Å². The monoisotopic (exact) mass is 249 g/mol. The molecule has 0 aliphatic carbocycles. The molecule has 0 aromatic heterocycles. The third kappa shape index (κ3) is 4.02. The number of hydrogen-bond acceptors (Lipinski definition) is 2. The topological polar surface area (TPSA) is 23.5 Å². The van der Waals surface area contributed by atoms with Gasteiger partial charge in [-0.05, 0) is 50.4 Å². The third-order valence-corrected chi connectivity index (χ3v) is 4.03. The number of phenols is 1. The van der Waals surface area contributed by atoms with Crippen molar-refractivity contribution < 1.29 is 5.11 Å². The molecule has 0 radical (unpaired) electrons. The van der Waals surface area contributed by atoms with Gasteiger partial charge in [0.2, 0.25) is 0 Å². The molecular weight excluding hydrogens is 222 g/mol. The highest BCUT2D eigenvalue weighted by Crippen LogP contribution is 2.25. The molecule has 2 atom stereocenters. The predicted molar refractivity (Wildman–Crippen MR) is 78.0 cm³/mol. The van der Waals surface area contributed by atoms with Gasteiger partial charge in [-0.15, -0.1) is 0 Å². The summed E-state index contributed by atoms with van der Waals surface area (Å²) in [6.07, 6.45) is 1.01. The molecule has 0 saturated carbocycles. The Morgan fingerprint density at radius 1 is 1.11 bits per heavy atom. The van der Waals surface area contributed by atoms with Crippen molar-refractivity contribution in [3.8, 4) is 5.75 Å². The van der Waals surface area contributed by atoms with Gasteiger partial charge in [0.25, 0.3) is 0 Å². The van der Waals surface area contributed by atoms with Crippen LogP contribution in [0.25, 0.3) is 0 Å². The van der Waals surface area contributed by atoms with Crippen molar-refractivity contribution in [2.45, 2.75) is 53.1 Å². The Bertz CT molecular complexity index is 364. The second kappa shape index (κ2) is 5.75. The minimum absolute atomic E-state index is 0.290. The molecule has 2 heteroatoms. The van der Waals surface area contributed by atoms with E-state index in [9.17, 15) is 5.11 Å². The number of likely N-dealkylation sites (N-methyl/N-ethyl adjacent to an activating group) is 1. The van der Waals surface area contributed by atoms with E-state index in [1.807, 2.05) is 12.1 Å². The third-order valence-electron chi connectivity index (χ3n) is 4.03. The smallest absolute Gasteiger partial charge is 0.115 e. The van der Waals surface area contributed by atoms with Crippen LogP contribution in [0, 0.1) is 5.41 Å². The molecule has 1 rings (SSSR count). The van der Waals surface area contributed by atoms with Crippen LogP contribution in [0.1, 0.15) is 40.2 Å². The van der Waals surface area contributed by atoms with E-state index in [0.717, 1.165) is 6.42 Å². The highest BCUT2D eigenvalue weighted by molar-refractivity contribution is 5.26. The minimum Gasteiger partial charge on any atom is -0.508 e. The molecular formula is C16H27NO. The van der Waals surface area contributed by atoms with Gasteiger partial charge in [0.15, 0.2) is 0 Å². The lowest BCUT2D eigenvalue weighted by atomic mass is 9.86. The van der Waals surface area contributed by atoms with E-state index in [4.69, 9.17) is 0 Å². The fourth-order valence-electron chi connectivity index (χ4n) is 2.11. The molecule has 0 aliphatic heterocycles. The van der Waals surface area contributed by atoms with Crippen LogP contribution in [0.4, 0.5) is 0 Å². The molecule has 0 heterocycles. The van der Waals surface area contributed by atoms with Crippen LogP contribution in [0.5, 0.6) is 5.75 Å². The molecule has 102 valence electrons. The second-order valence-corrected chi connectivity index (χ2v) is 6.43. The van der Waals surface area contributed by atoms with Crippen molar-refractivity contribution in [3.63, 3.8) is 0 Å². The zero-order valence-electron chi connectivity index (χ0n) is 12.6.